The highest BCUT2D eigenvalue weighted by molar-refractivity contribution is 5.59. The number of benzene rings is 1. The van der Waals surface area contributed by atoms with E-state index in [0.29, 0.717) is 0 Å². The van der Waals surface area contributed by atoms with Crippen LogP contribution in [0.5, 0.6) is 0 Å². The molecular weight excluding hydrogens is 212 g/mol. The molecule has 0 radical (unpaired) electrons. The van der Waals surface area contributed by atoms with Crippen LogP contribution in [-0.4, -0.2) is 11.7 Å². The Hall–Kier alpha value is -1.61. The molecule has 1 aromatic heterocycles. The molecule has 0 saturated heterocycles. The number of rotatable bonds is 4. The maximum atomic E-state index is 5.35. The highest BCUT2D eigenvalue weighted by Crippen LogP contribution is 2.22. The summed E-state index contributed by atoms with van der Waals surface area (Å²) in [4.78, 5) is 0. The molecule has 0 saturated carbocycles. The van der Waals surface area contributed by atoms with Gasteiger partial charge in [0.25, 0.3) is 0 Å². The van der Waals surface area contributed by atoms with Gasteiger partial charge in [0.2, 0.25) is 0 Å². The molecular formula is C14H18N2O. The maximum absolute atomic E-state index is 5.35. The normalized spacial score (nSPS) is 10.8. The van der Waals surface area contributed by atoms with E-state index in [2.05, 4.69) is 49.4 Å². The van der Waals surface area contributed by atoms with E-state index in [9.17, 15) is 0 Å². The van der Waals surface area contributed by atoms with Gasteiger partial charge in [-0.15, -0.1) is 0 Å². The van der Waals surface area contributed by atoms with E-state index in [1.54, 1.807) is 0 Å². The minimum Gasteiger partial charge on any atom is -0.356 e. The zero-order chi connectivity index (χ0) is 12.3. The number of nitrogens with one attached hydrogen (secondary N) is 1. The van der Waals surface area contributed by atoms with E-state index in [4.69, 9.17) is 4.52 Å². The molecule has 0 unspecified atom stereocenters. The van der Waals surface area contributed by atoms with Crippen LogP contribution >= 0.6 is 0 Å². The van der Waals surface area contributed by atoms with Crippen molar-refractivity contribution in [2.24, 2.45) is 0 Å². The zero-order valence-corrected chi connectivity index (χ0v) is 10.6. The molecule has 17 heavy (non-hydrogen) atoms. The molecule has 0 aliphatic carbocycles. The Kier molecular flexibility index (Phi) is 3.59. The van der Waals surface area contributed by atoms with E-state index in [1.807, 2.05) is 6.07 Å². The fraction of sp³-hybridized carbons (Fsp3) is 0.357. The molecule has 90 valence electrons. The minimum atomic E-state index is 0.755. The van der Waals surface area contributed by atoms with Gasteiger partial charge >= 0.3 is 0 Å². The molecule has 1 heterocycles. The van der Waals surface area contributed by atoms with E-state index in [-0.39, 0.29) is 0 Å². The third-order valence-corrected chi connectivity index (χ3v) is 2.91. The number of nitrogens with zero attached hydrogens (tertiary/aromatic N) is 1. The first-order valence-electron chi connectivity index (χ1n) is 5.94. The first-order valence-corrected chi connectivity index (χ1v) is 5.94. The van der Waals surface area contributed by atoms with Crippen LogP contribution in [0.25, 0.3) is 11.3 Å². The van der Waals surface area contributed by atoms with Gasteiger partial charge in [0.05, 0.1) is 5.69 Å². The van der Waals surface area contributed by atoms with Crippen LogP contribution in [-0.2, 0) is 6.54 Å². The van der Waals surface area contributed by atoms with Crippen molar-refractivity contribution >= 4 is 0 Å². The molecule has 0 fully saturated rings. The molecule has 1 aromatic carbocycles. The summed E-state index contributed by atoms with van der Waals surface area (Å²) in [7, 11) is 0. The molecule has 0 atom stereocenters. The lowest BCUT2D eigenvalue weighted by Gasteiger charge is -2.01. The summed E-state index contributed by atoms with van der Waals surface area (Å²) in [6, 6.07) is 8.30. The average Bonchev–Trinajstić information content (AvgIpc) is 2.79. The fourth-order valence-electron chi connectivity index (χ4n) is 1.68. The minimum absolute atomic E-state index is 0.755. The van der Waals surface area contributed by atoms with Crippen molar-refractivity contribution in [3.63, 3.8) is 0 Å². The van der Waals surface area contributed by atoms with Crippen LogP contribution in [0.3, 0.4) is 0 Å². The smallest absolute Gasteiger partial charge is 0.167 e. The first kappa shape index (κ1) is 11.9. The van der Waals surface area contributed by atoms with Crippen molar-refractivity contribution < 1.29 is 4.52 Å². The molecule has 3 heteroatoms. The molecule has 0 aliphatic rings. The van der Waals surface area contributed by atoms with Gasteiger partial charge in [0.15, 0.2) is 5.76 Å². The van der Waals surface area contributed by atoms with Crippen molar-refractivity contribution in [3.05, 3.63) is 41.1 Å². The predicted octanol–water partition coefficient (Wildman–Crippen LogP) is 3.07. The summed E-state index contributed by atoms with van der Waals surface area (Å²) in [5, 5.41) is 7.27. The Balaban J connectivity index is 2.21. The molecule has 2 aromatic rings. The van der Waals surface area contributed by atoms with Crippen molar-refractivity contribution in [1.82, 2.24) is 10.5 Å². The molecule has 3 nitrogen and oxygen atoms in total. The lowest BCUT2D eigenvalue weighted by atomic mass is 10.0. The quantitative estimate of drug-likeness (QED) is 0.877. The lowest BCUT2D eigenvalue weighted by Crippen LogP contribution is -2.11. The van der Waals surface area contributed by atoms with Gasteiger partial charge in [0, 0.05) is 18.2 Å². The maximum Gasteiger partial charge on any atom is 0.167 e. The fourth-order valence-corrected chi connectivity index (χ4v) is 1.68. The van der Waals surface area contributed by atoms with Crippen LogP contribution in [0.2, 0.25) is 0 Å². The third kappa shape index (κ3) is 2.74. The Morgan fingerprint density at radius 3 is 2.71 bits per heavy atom. The molecule has 0 spiro atoms. The number of hydrogen-bond acceptors (Lipinski definition) is 3. The Morgan fingerprint density at radius 1 is 1.18 bits per heavy atom. The van der Waals surface area contributed by atoms with Crippen LogP contribution in [0.4, 0.5) is 0 Å². The molecule has 2 rings (SSSR count). The van der Waals surface area contributed by atoms with Gasteiger partial charge in [0.1, 0.15) is 0 Å². The van der Waals surface area contributed by atoms with Gasteiger partial charge in [-0.05, 0) is 37.6 Å². The zero-order valence-electron chi connectivity index (χ0n) is 10.6. The Labute approximate surface area is 102 Å². The van der Waals surface area contributed by atoms with Crippen molar-refractivity contribution in [3.8, 4) is 11.3 Å². The van der Waals surface area contributed by atoms with Gasteiger partial charge in [-0.3, -0.25) is 0 Å². The predicted molar refractivity (Wildman–Crippen MR) is 68.8 cm³/mol. The van der Waals surface area contributed by atoms with Gasteiger partial charge in [-0.1, -0.05) is 24.2 Å². The van der Waals surface area contributed by atoms with E-state index in [1.165, 1.54) is 11.1 Å². The van der Waals surface area contributed by atoms with Crippen LogP contribution < -0.4 is 5.32 Å². The third-order valence-electron chi connectivity index (χ3n) is 2.91. The van der Waals surface area contributed by atoms with E-state index >= 15 is 0 Å². The van der Waals surface area contributed by atoms with Gasteiger partial charge in [-0.2, -0.15) is 0 Å². The molecule has 1 N–H and O–H groups in total. The van der Waals surface area contributed by atoms with Crippen molar-refractivity contribution in [1.29, 1.82) is 0 Å². The van der Waals surface area contributed by atoms with Crippen molar-refractivity contribution in [2.45, 2.75) is 27.3 Å². The van der Waals surface area contributed by atoms with Crippen LogP contribution in [0.15, 0.2) is 28.8 Å². The first-order chi connectivity index (χ1) is 8.20. The summed E-state index contributed by atoms with van der Waals surface area (Å²) in [6.07, 6.45) is 0. The second kappa shape index (κ2) is 5.15. The largest absolute Gasteiger partial charge is 0.356 e. The number of hydrogen-bond donors (Lipinski definition) is 1. The highest BCUT2D eigenvalue weighted by atomic mass is 16.5. The summed E-state index contributed by atoms with van der Waals surface area (Å²) in [5.74, 6) is 0.834. The topological polar surface area (TPSA) is 38.1 Å². The number of aryl methyl sites for hydroxylation is 2. The van der Waals surface area contributed by atoms with Gasteiger partial charge < -0.3 is 9.84 Å². The monoisotopic (exact) mass is 230 g/mol. The van der Waals surface area contributed by atoms with Gasteiger partial charge in [-0.25, -0.2) is 0 Å². The molecule has 0 aliphatic heterocycles. The highest BCUT2D eigenvalue weighted by Gasteiger charge is 2.07. The van der Waals surface area contributed by atoms with E-state index < -0.39 is 0 Å². The summed E-state index contributed by atoms with van der Waals surface area (Å²) in [5.41, 5.74) is 4.59. The van der Waals surface area contributed by atoms with Crippen LogP contribution in [0.1, 0.15) is 23.7 Å². The Morgan fingerprint density at radius 2 is 2.00 bits per heavy atom. The summed E-state index contributed by atoms with van der Waals surface area (Å²) >= 11 is 0. The van der Waals surface area contributed by atoms with Crippen molar-refractivity contribution in [2.75, 3.05) is 6.54 Å². The Bertz CT molecular complexity index is 503. The number of aromatic nitrogens is 1. The average molecular weight is 230 g/mol. The lowest BCUT2D eigenvalue weighted by molar-refractivity contribution is 0.420. The second-order valence-electron chi connectivity index (χ2n) is 4.26. The van der Waals surface area contributed by atoms with E-state index in [0.717, 1.165) is 30.1 Å². The summed E-state index contributed by atoms with van der Waals surface area (Å²) < 4.78 is 5.35. The molecule has 0 amide bonds. The molecule has 0 bridgehead atoms. The van der Waals surface area contributed by atoms with Crippen LogP contribution in [0, 0.1) is 13.8 Å². The SMILES string of the molecule is CCNCc1cc(-c2ccc(C)c(C)c2)on1. The summed E-state index contributed by atoms with van der Waals surface area (Å²) in [6.45, 7) is 7.98. The standard InChI is InChI=1S/C14H18N2O/c1-4-15-9-13-8-14(17-16-13)12-6-5-10(2)11(3)7-12/h5-8,15H,4,9H2,1-3H3. The second-order valence-corrected chi connectivity index (χ2v) is 4.26.